The van der Waals surface area contributed by atoms with Crippen LogP contribution >= 0.6 is 11.8 Å². The summed E-state index contributed by atoms with van der Waals surface area (Å²) in [5.74, 6) is 2.76. The van der Waals surface area contributed by atoms with E-state index >= 15 is 0 Å². The van der Waals surface area contributed by atoms with Crippen LogP contribution in [0.5, 0.6) is 0 Å². The van der Waals surface area contributed by atoms with E-state index in [1.165, 1.54) is 31.2 Å². The Morgan fingerprint density at radius 2 is 1.76 bits per heavy atom. The van der Waals surface area contributed by atoms with Crippen molar-refractivity contribution < 1.29 is 14.3 Å². The van der Waals surface area contributed by atoms with E-state index in [-0.39, 0.29) is 11.9 Å². The van der Waals surface area contributed by atoms with Gasteiger partial charge in [-0.25, -0.2) is 0 Å². The second kappa shape index (κ2) is 12.0. The van der Waals surface area contributed by atoms with Crippen LogP contribution in [0.3, 0.4) is 0 Å². The van der Waals surface area contributed by atoms with Crippen molar-refractivity contribution in [1.82, 2.24) is 0 Å². The molecule has 3 nitrogen and oxygen atoms in total. The second-order valence-corrected chi connectivity index (χ2v) is 10.7. The molecule has 1 aliphatic rings. The molecule has 0 amide bonds. The first-order chi connectivity index (χ1) is 13.8. The van der Waals surface area contributed by atoms with Gasteiger partial charge in [0, 0.05) is 12.4 Å². The Kier molecular flexibility index (Phi) is 10.0. The van der Waals surface area contributed by atoms with Crippen LogP contribution in [0.2, 0.25) is 0 Å². The Balaban J connectivity index is 1.58. The van der Waals surface area contributed by atoms with Crippen LogP contribution in [0.4, 0.5) is 0 Å². The van der Waals surface area contributed by atoms with Crippen molar-refractivity contribution in [2.45, 2.75) is 84.3 Å². The van der Waals surface area contributed by atoms with E-state index in [0.29, 0.717) is 17.9 Å². The van der Waals surface area contributed by atoms with Crippen LogP contribution in [0.1, 0.15) is 78.2 Å². The lowest BCUT2D eigenvalue weighted by Crippen LogP contribution is -2.32. The number of hydrogen-bond acceptors (Lipinski definition) is 4. The number of carbonyl (C=O) groups is 1. The van der Waals surface area contributed by atoms with Gasteiger partial charge < -0.3 is 9.47 Å². The molecule has 0 spiro atoms. The van der Waals surface area contributed by atoms with E-state index in [0.717, 1.165) is 24.5 Å². The summed E-state index contributed by atoms with van der Waals surface area (Å²) in [6.07, 6.45) is 6.26. The number of esters is 1. The molecule has 164 valence electrons. The number of rotatable bonds is 10. The zero-order valence-corrected chi connectivity index (χ0v) is 19.8. The minimum absolute atomic E-state index is 0.0339. The molecule has 0 heterocycles. The van der Waals surface area contributed by atoms with Gasteiger partial charge in [0.2, 0.25) is 0 Å². The van der Waals surface area contributed by atoms with Crippen LogP contribution in [-0.4, -0.2) is 35.8 Å². The van der Waals surface area contributed by atoms with Gasteiger partial charge in [-0.05, 0) is 76.0 Å². The average molecular weight is 421 g/mol. The molecular formula is C25H40O3S. The number of hydrogen-bond donors (Lipinski definition) is 0. The van der Waals surface area contributed by atoms with Crippen LogP contribution in [0.25, 0.3) is 0 Å². The van der Waals surface area contributed by atoms with Gasteiger partial charge in [0.25, 0.3) is 0 Å². The van der Waals surface area contributed by atoms with Crippen molar-refractivity contribution in [3.05, 3.63) is 35.9 Å². The average Bonchev–Trinajstić information content (AvgIpc) is 2.66. The molecule has 2 rings (SSSR count). The predicted octanol–water partition coefficient (Wildman–Crippen LogP) is 6.47. The summed E-state index contributed by atoms with van der Waals surface area (Å²) in [5.41, 5.74) is 1.06. The first kappa shape index (κ1) is 24.3. The Morgan fingerprint density at radius 1 is 1.10 bits per heavy atom. The van der Waals surface area contributed by atoms with Gasteiger partial charge in [0.15, 0.2) is 0 Å². The molecule has 0 radical (unpaired) electrons. The fraction of sp³-hybridized carbons (Fsp3) is 0.720. The zero-order valence-electron chi connectivity index (χ0n) is 19.0. The molecule has 1 fully saturated rings. The van der Waals surface area contributed by atoms with Gasteiger partial charge in [0.1, 0.15) is 5.60 Å². The quantitative estimate of drug-likeness (QED) is 0.321. The summed E-state index contributed by atoms with van der Waals surface area (Å²) >= 11 is 1.85. The first-order valence-electron chi connectivity index (χ1n) is 11.2. The largest absolute Gasteiger partial charge is 0.460 e. The van der Waals surface area contributed by atoms with Gasteiger partial charge in [-0.15, -0.1) is 0 Å². The first-order valence-corrected chi connectivity index (χ1v) is 12.4. The van der Waals surface area contributed by atoms with Crippen LogP contribution in [0.15, 0.2) is 30.3 Å². The third-order valence-corrected chi connectivity index (χ3v) is 6.72. The van der Waals surface area contributed by atoms with E-state index in [4.69, 9.17) is 9.47 Å². The van der Waals surface area contributed by atoms with E-state index in [1.807, 2.05) is 32.5 Å². The molecule has 1 unspecified atom stereocenters. The fourth-order valence-corrected chi connectivity index (χ4v) is 5.08. The molecule has 0 N–H and O–H groups in total. The fourth-order valence-electron chi connectivity index (χ4n) is 3.82. The van der Waals surface area contributed by atoms with E-state index in [2.05, 4.69) is 44.2 Å². The summed E-state index contributed by atoms with van der Waals surface area (Å²) in [6, 6.07) is 10.9. The predicted molar refractivity (Wildman–Crippen MR) is 124 cm³/mol. The molecule has 4 heteroatoms. The van der Waals surface area contributed by atoms with Gasteiger partial charge in [-0.1, -0.05) is 44.2 Å². The molecule has 1 aromatic rings. The third-order valence-electron chi connectivity index (χ3n) is 5.54. The van der Waals surface area contributed by atoms with Gasteiger partial charge in [-0.3, -0.25) is 4.79 Å². The number of benzene rings is 1. The van der Waals surface area contributed by atoms with Gasteiger partial charge in [0.05, 0.1) is 12.0 Å². The summed E-state index contributed by atoms with van der Waals surface area (Å²) in [5, 5.41) is 0. The molecule has 1 aromatic carbocycles. The number of thioether (sulfide) groups is 1. The lowest BCUT2D eigenvalue weighted by atomic mass is 9.83. The highest BCUT2D eigenvalue weighted by Crippen LogP contribution is 2.34. The highest BCUT2D eigenvalue weighted by molar-refractivity contribution is 7.99. The molecule has 0 saturated heterocycles. The maximum absolute atomic E-state index is 12.4. The number of ether oxygens (including phenoxy) is 2. The van der Waals surface area contributed by atoms with Gasteiger partial charge in [-0.2, -0.15) is 11.8 Å². The van der Waals surface area contributed by atoms with Crippen LogP contribution in [0, 0.1) is 11.8 Å². The molecule has 1 aliphatic carbocycles. The van der Waals surface area contributed by atoms with Crippen LogP contribution in [-0.2, 0) is 14.3 Å². The summed E-state index contributed by atoms with van der Waals surface area (Å²) in [6.45, 7) is 10.8. The maximum Gasteiger partial charge on any atom is 0.310 e. The van der Waals surface area contributed by atoms with Crippen molar-refractivity contribution in [2.24, 2.45) is 11.8 Å². The van der Waals surface area contributed by atoms with Crippen molar-refractivity contribution >= 4 is 17.7 Å². The minimum atomic E-state index is -0.414. The summed E-state index contributed by atoms with van der Waals surface area (Å²) in [4.78, 5) is 12.4. The van der Waals surface area contributed by atoms with Gasteiger partial charge >= 0.3 is 5.97 Å². The molecular weight excluding hydrogens is 380 g/mol. The standard InChI is InChI=1S/C25H40O3S/c1-19(2)23(24(26)28-25(3,4)5)18-29-17-9-16-27-22-14-12-21(13-15-22)20-10-7-6-8-11-20/h6-8,10-11,19,21-23H,9,12-18H2,1-5H3. The number of carbonyl (C=O) groups excluding carboxylic acids is 1. The maximum atomic E-state index is 12.4. The van der Waals surface area contributed by atoms with E-state index < -0.39 is 5.60 Å². The molecule has 1 saturated carbocycles. The Bertz CT molecular complexity index is 586. The van der Waals surface area contributed by atoms with E-state index in [1.54, 1.807) is 0 Å². The topological polar surface area (TPSA) is 35.5 Å². The molecule has 0 aliphatic heterocycles. The minimum Gasteiger partial charge on any atom is -0.460 e. The molecule has 1 atom stereocenters. The molecule has 0 aromatic heterocycles. The van der Waals surface area contributed by atoms with Crippen LogP contribution < -0.4 is 0 Å². The molecule has 0 bridgehead atoms. The lowest BCUT2D eigenvalue weighted by molar-refractivity contribution is -0.160. The van der Waals surface area contributed by atoms with Crippen molar-refractivity contribution in [1.29, 1.82) is 0 Å². The smallest absolute Gasteiger partial charge is 0.310 e. The van der Waals surface area contributed by atoms with E-state index in [9.17, 15) is 4.79 Å². The van der Waals surface area contributed by atoms with Crippen molar-refractivity contribution in [3.8, 4) is 0 Å². The Hall–Kier alpha value is -1.00. The summed E-state index contributed by atoms with van der Waals surface area (Å²) in [7, 11) is 0. The Labute approximate surface area is 182 Å². The lowest BCUT2D eigenvalue weighted by Gasteiger charge is -2.29. The SMILES string of the molecule is CC(C)C(CSCCCOC1CCC(c2ccccc2)CC1)C(=O)OC(C)(C)C. The zero-order chi connectivity index (χ0) is 21.3. The highest BCUT2D eigenvalue weighted by Gasteiger charge is 2.27. The molecule has 29 heavy (non-hydrogen) atoms. The third kappa shape index (κ3) is 9.13. The second-order valence-electron chi connectivity index (χ2n) is 9.57. The monoisotopic (exact) mass is 420 g/mol. The summed E-state index contributed by atoms with van der Waals surface area (Å²) < 4.78 is 11.7. The Morgan fingerprint density at radius 3 is 2.34 bits per heavy atom. The van der Waals surface area contributed by atoms with Crippen molar-refractivity contribution in [3.63, 3.8) is 0 Å². The van der Waals surface area contributed by atoms with Crippen molar-refractivity contribution in [2.75, 3.05) is 18.1 Å². The highest BCUT2D eigenvalue weighted by atomic mass is 32.2. The normalized spacial score (nSPS) is 21.2.